The molecule has 6 heteroatoms. The second-order valence-electron chi connectivity index (χ2n) is 13.3. The Morgan fingerprint density at radius 3 is 2.44 bits per heavy atom. The molecule has 0 spiro atoms. The molecule has 0 unspecified atom stereocenters. The highest BCUT2D eigenvalue weighted by Crippen LogP contribution is 2.69. The van der Waals surface area contributed by atoms with Gasteiger partial charge in [-0.15, -0.1) is 0 Å². The predicted molar refractivity (Wildman–Crippen MR) is 129 cm³/mol. The Kier molecular flexibility index (Phi) is 6.88. The smallest absolute Gasteiger partial charge is 0.274 e. The first-order chi connectivity index (χ1) is 16.1. The zero-order valence-electron chi connectivity index (χ0n) is 21.5. The number of rotatable bonds is 5. The Balaban J connectivity index is 1.27. The lowest BCUT2D eigenvalue weighted by molar-refractivity contribution is -0.236. The van der Waals surface area contributed by atoms with Gasteiger partial charge in [-0.1, -0.05) is 20.8 Å². The third-order valence-electron chi connectivity index (χ3n) is 11.7. The van der Waals surface area contributed by atoms with Crippen molar-refractivity contribution in [3.8, 4) is 0 Å². The molecule has 0 aromatic carbocycles. The van der Waals surface area contributed by atoms with E-state index in [9.17, 15) is 19.0 Å². The highest BCUT2D eigenvalue weighted by atomic mass is 19.3. The average Bonchev–Trinajstić information content (AvgIpc) is 3.13. The number of alkyl halides is 2. The highest BCUT2D eigenvalue weighted by Gasteiger charge is 2.66. The highest BCUT2D eigenvalue weighted by molar-refractivity contribution is 5.13. The molecule has 4 nitrogen and oxygen atoms in total. The third-order valence-corrected chi connectivity index (χ3v) is 11.7. The monoisotopic (exact) mass is 483 g/mol. The number of hydrogen-bond acceptors (Lipinski definition) is 4. The summed E-state index contributed by atoms with van der Waals surface area (Å²) in [6, 6.07) is 0. The zero-order valence-corrected chi connectivity index (χ0v) is 21.5. The van der Waals surface area contributed by atoms with Crippen molar-refractivity contribution >= 4 is 0 Å². The van der Waals surface area contributed by atoms with Gasteiger partial charge in [0.1, 0.15) is 6.10 Å². The summed E-state index contributed by atoms with van der Waals surface area (Å²) in [5.41, 5.74) is -0.268. The number of fused-ring (bicyclic) bond motifs is 5. The number of halogens is 2. The lowest BCUT2D eigenvalue weighted by Gasteiger charge is -2.63. The first-order valence-electron chi connectivity index (χ1n) is 14.1. The molecule has 0 aromatic heterocycles. The maximum Gasteiger partial charge on any atom is 0.274 e. The summed E-state index contributed by atoms with van der Waals surface area (Å²) in [6.07, 6.45) is 5.38. The van der Waals surface area contributed by atoms with Crippen molar-refractivity contribution in [2.24, 2.45) is 46.3 Å². The van der Waals surface area contributed by atoms with Crippen molar-refractivity contribution in [3.63, 3.8) is 0 Å². The van der Waals surface area contributed by atoms with E-state index in [2.05, 4.69) is 25.7 Å². The normalized spacial score (nSPS) is 49.7. The van der Waals surface area contributed by atoms with Crippen LogP contribution in [0.3, 0.4) is 0 Å². The Morgan fingerprint density at radius 2 is 1.71 bits per heavy atom. The van der Waals surface area contributed by atoms with E-state index in [-0.39, 0.29) is 36.0 Å². The standard InChI is InChI=1S/C28H47F2NO3/c1-18(5-4-10-31-11-13-34-14-12-31)20-6-7-21-25-22(8-9-26(20,21)2)27(3)17-28(29,30)24(33)16-19(27)15-23(25)32/h18-25,32-33H,4-17H2,1-3H3/t18-,19-,20-,21+,22+,23+,24-,25+,26-,27+/m1/s1. The second-order valence-corrected chi connectivity index (χ2v) is 13.3. The summed E-state index contributed by atoms with van der Waals surface area (Å²) in [4.78, 5) is 2.52. The van der Waals surface area contributed by atoms with Gasteiger partial charge in [-0.3, -0.25) is 4.90 Å². The Hall–Kier alpha value is -0.300. The van der Waals surface area contributed by atoms with Crippen molar-refractivity contribution in [1.29, 1.82) is 0 Å². The molecular formula is C28H47F2NO3. The van der Waals surface area contributed by atoms with Crippen LogP contribution in [-0.4, -0.2) is 66.1 Å². The van der Waals surface area contributed by atoms with E-state index in [1.54, 1.807) is 0 Å². The number of ether oxygens (including phenoxy) is 1. The maximum atomic E-state index is 14.7. The van der Waals surface area contributed by atoms with Crippen LogP contribution in [0.5, 0.6) is 0 Å². The van der Waals surface area contributed by atoms with Crippen LogP contribution >= 0.6 is 0 Å². The molecule has 4 aliphatic carbocycles. The van der Waals surface area contributed by atoms with Gasteiger partial charge in [-0.25, -0.2) is 8.78 Å². The van der Waals surface area contributed by atoms with Crippen LogP contribution in [0.25, 0.3) is 0 Å². The van der Waals surface area contributed by atoms with E-state index >= 15 is 0 Å². The van der Waals surface area contributed by atoms with Crippen molar-refractivity contribution in [3.05, 3.63) is 0 Å². The number of hydrogen-bond donors (Lipinski definition) is 2. The SMILES string of the molecule is C[C@H](CCCN1CCOCC1)[C@H]1CC[C@H]2[C@@H]3[C@@H](O)C[C@@H]4C[C@@H](O)C(F)(F)C[C@]4(C)[C@H]3CC[C@]12C. The largest absolute Gasteiger partial charge is 0.393 e. The quantitative estimate of drug-likeness (QED) is 0.580. The van der Waals surface area contributed by atoms with Gasteiger partial charge in [0.2, 0.25) is 0 Å². The molecule has 5 aliphatic rings. The molecule has 5 fully saturated rings. The van der Waals surface area contributed by atoms with Gasteiger partial charge in [-0.05, 0) is 104 Å². The Labute approximate surface area is 204 Å². The maximum absolute atomic E-state index is 14.7. The molecule has 2 N–H and O–H groups in total. The molecule has 34 heavy (non-hydrogen) atoms. The molecule has 0 bridgehead atoms. The van der Waals surface area contributed by atoms with E-state index in [1.807, 2.05) is 0 Å². The minimum Gasteiger partial charge on any atom is -0.393 e. The molecular weight excluding hydrogens is 436 g/mol. The summed E-state index contributed by atoms with van der Waals surface area (Å²) in [6.45, 7) is 11.9. The van der Waals surface area contributed by atoms with Gasteiger partial charge in [0.25, 0.3) is 5.92 Å². The van der Waals surface area contributed by atoms with Crippen LogP contribution in [0, 0.1) is 46.3 Å². The van der Waals surface area contributed by atoms with Crippen LogP contribution in [-0.2, 0) is 4.74 Å². The number of morpholine rings is 1. The predicted octanol–water partition coefficient (Wildman–Crippen LogP) is 4.97. The molecule has 10 atom stereocenters. The van der Waals surface area contributed by atoms with Gasteiger partial charge in [0, 0.05) is 19.5 Å². The van der Waals surface area contributed by atoms with Crippen LogP contribution < -0.4 is 0 Å². The third kappa shape index (κ3) is 4.16. The minimum absolute atomic E-state index is 0.000887. The van der Waals surface area contributed by atoms with Crippen LogP contribution in [0.1, 0.15) is 78.6 Å². The number of aliphatic hydroxyl groups is 2. The van der Waals surface area contributed by atoms with Gasteiger partial charge in [0.15, 0.2) is 0 Å². The van der Waals surface area contributed by atoms with Crippen LogP contribution in [0.15, 0.2) is 0 Å². The molecule has 0 aromatic rings. The van der Waals surface area contributed by atoms with Gasteiger partial charge < -0.3 is 14.9 Å². The fraction of sp³-hybridized carbons (Fsp3) is 1.00. The van der Waals surface area contributed by atoms with E-state index in [0.717, 1.165) is 52.1 Å². The lowest BCUT2D eigenvalue weighted by Crippen LogP contribution is -2.62. The van der Waals surface area contributed by atoms with E-state index in [0.29, 0.717) is 24.2 Å². The Bertz CT molecular complexity index is 730. The number of aliphatic hydroxyl groups excluding tert-OH is 2. The second kappa shape index (κ2) is 9.22. The average molecular weight is 484 g/mol. The summed E-state index contributed by atoms with van der Waals surface area (Å²) >= 11 is 0. The summed E-state index contributed by atoms with van der Waals surface area (Å²) in [5.74, 6) is -0.970. The number of nitrogens with zero attached hydrogens (tertiary/aromatic N) is 1. The Morgan fingerprint density at radius 1 is 1.00 bits per heavy atom. The first kappa shape index (κ1) is 25.4. The zero-order chi connectivity index (χ0) is 24.3. The van der Waals surface area contributed by atoms with Crippen molar-refractivity contribution < 1.29 is 23.7 Å². The van der Waals surface area contributed by atoms with Gasteiger partial charge in [-0.2, -0.15) is 0 Å². The first-order valence-corrected chi connectivity index (χ1v) is 14.1. The summed E-state index contributed by atoms with van der Waals surface area (Å²) in [7, 11) is 0. The van der Waals surface area contributed by atoms with Crippen LogP contribution in [0.4, 0.5) is 8.78 Å². The van der Waals surface area contributed by atoms with Crippen molar-refractivity contribution in [2.75, 3.05) is 32.8 Å². The van der Waals surface area contributed by atoms with Crippen molar-refractivity contribution in [1.82, 2.24) is 4.90 Å². The van der Waals surface area contributed by atoms with E-state index < -0.39 is 23.5 Å². The fourth-order valence-electron chi connectivity index (χ4n) is 9.87. The summed E-state index contributed by atoms with van der Waals surface area (Å²) < 4.78 is 34.9. The minimum atomic E-state index is -3.01. The van der Waals surface area contributed by atoms with E-state index in [1.165, 1.54) is 19.3 Å². The topological polar surface area (TPSA) is 52.9 Å². The molecule has 0 amide bonds. The molecule has 4 saturated carbocycles. The van der Waals surface area contributed by atoms with Crippen molar-refractivity contribution in [2.45, 2.75) is 96.7 Å². The fourth-order valence-corrected chi connectivity index (χ4v) is 9.87. The molecule has 0 radical (unpaired) electrons. The lowest BCUT2D eigenvalue weighted by atomic mass is 9.43. The molecule has 1 heterocycles. The van der Waals surface area contributed by atoms with Crippen LogP contribution in [0.2, 0.25) is 0 Å². The molecule has 196 valence electrons. The van der Waals surface area contributed by atoms with Gasteiger partial charge in [0.05, 0.1) is 19.3 Å². The molecule has 1 saturated heterocycles. The van der Waals surface area contributed by atoms with E-state index in [4.69, 9.17) is 4.74 Å². The van der Waals surface area contributed by atoms with Gasteiger partial charge >= 0.3 is 0 Å². The molecule has 1 aliphatic heterocycles. The molecule has 5 rings (SSSR count). The summed E-state index contributed by atoms with van der Waals surface area (Å²) in [5, 5.41) is 21.4.